The number of amides is 1. The molecular weight excluding hydrogens is 305 g/mol. The zero-order valence-electron chi connectivity index (χ0n) is 8.96. The number of carbonyl (C=O) groups is 1. The lowest BCUT2D eigenvalue weighted by Gasteiger charge is -2.08. The molecule has 2 N–H and O–H groups in total. The minimum Gasteiger partial charge on any atom is -0.375 e. The monoisotopic (exact) mass is 315 g/mol. The van der Waals surface area contributed by atoms with Gasteiger partial charge in [0, 0.05) is 16.0 Å². The molecule has 0 saturated heterocycles. The maximum atomic E-state index is 11.4. The van der Waals surface area contributed by atoms with Gasteiger partial charge in [-0.05, 0) is 34.1 Å². The summed E-state index contributed by atoms with van der Waals surface area (Å²) >= 11 is 9.19. The van der Waals surface area contributed by atoms with Crippen LogP contribution in [0.2, 0.25) is 5.02 Å². The Bertz CT molecular complexity index is 445. The third-order valence-electron chi connectivity index (χ3n) is 1.93. The molecule has 1 aromatic rings. The van der Waals surface area contributed by atoms with Gasteiger partial charge in [0.2, 0.25) is 5.91 Å². The smallest absolute Gasteiger partial charge is 0.239 e. The number of hydrogen-bond acceptors (Lipinski definition) is 3. The summed E-state index contributed by atoms with van der Waals surface area (Å²) in [6.07, 6.45) is 0.312. The second-order valence-electron chi connectivity index (χ2n) is 3.24. The fourth-order valence-electron chi connectivity index (χ4n) is 1.13. The molecule has 17 heavy (non-hydrogen) atoms. The lowest BCUT2D eigenvalue weighted by molar-refractivity contribution is -0.119. The molecule has 0 aliphatic heterocycles. The molecular formula is C11H11BrClN3O. The van der Waals surface area contributed by atoms with Gasteiger partial charge in [0.1, 0.15) is 0 Å². The van der Waals surface area contributed by atoms with Crippen LogP contribution < -0.4 is 10.6 Å². The van der Waals surface area contributed by atoms with Gasteiger partial charge in [0.05, 0.1) is 24.7 Å². The fraction of sp³-hybridized carbons (Fsp3) is 0.273. The van der Waals surface area contributed by atoms with Crippen LogP contribution in [0.1, 0.15) is 6.42 Å². The number of halogens is 2. The van der Waals surface area contributed by atoms with Crippen molar-refractivity contribution in [2.45, 2.75) is 6.42 Å². The van der Waals surface area contributed by atoms with Crippen LogP contribution in [0.5, 0.6) is 0 Å². The number of benzene rings is 1. The largest absolute Gasteiger partial charge is 0.375 e. The summed E-state index contributed by atoms with van der Waals surface area (Å²) < 4.78 is 0.840. The summed E-state index contributed by atoms with van der Waals surface area (Å²) in [6.45, 7) is 0.512. The van der Waals surface area contributed by atoms with E-state index in [1.165, 1.54) is 0 Å². The molecule has 0 atom stereocenters. The number of nitrogens with one attached hydrogen (secondary N) is 2. The predicted molar refractivity (Wildman–Crippen MR) is 70.9 cm³/mol. The molecule has 90 valence electrons. The Labute approximate surface area is 113 Å². The molecule has 0 radical (unpaired) electrons. The maximum absolute atomic E-state index is 11.4. The number of carbonyl (C=O) groups excluding carboxylic acids is 1. The number of nitrogens with zero attached hydrogens (tertiary/aromatic N) is 1. The summed E-state index contributed by atoms with van der Waals surface area (Å²) in [6, 6.07) is 7.24. The second-order valence-corrected chi connectivity index (χ2v) is 4.53. The van der Waals surface area contributed by atoms with Crippen molar-refractivity contribution in [3.63, 3.8) is 0 Å². The van der Waals surface area contributed by atoms with Gasteiger partial charge < -0.3 is 10.6 Å². The SMILES string of the molecule is N#CCCNC(=O)CNc1cc(Cl)ccc1Br. The number of anilines is 1. The number of hydrogen-bond donors (Lipinski definition) is 2. The summed E-state index contributed by atoms with van der Waals surface area (Å²) in [7, 11) is 0. The van der Waals surface area contributed by atoms with Crippen molar-refractivity contribution in [2.24, 2.45) is 0 Å². The molecule has 0 spiro atoms. The van der Waals surface area contributed by atoms with E-state index in [2.05, 4.69) is 26.6 Å². The summed E-state index contributed by atoms with van der Waals surface area (Å²) in [5.74, 6) is -0.160. The Morgan fingerprint density at radius 3 is 3.00 bits per heavy atom. The average Bonchev–Trinajstić information content (AvgIpc) is 2.31. The standard InChI is InChI=1S/C11H11BrClN3O/c12-9-3-2-8(13)6-10(9)16-7-11(17)15-5-1-4-14/h2-3,6,16H,1,5,7H2,(H,15,17). The predicted octanol–water partition coefficient (Wildman–Crippen LogP) is 2.54. The van der Waals surface area contributed by atoms with Gasteiger partial charge in [0.15, 0.2) is 0 Å². The molecule has 0 fully saturated rings. The Balaban J connectivity index is 2.42. The Morgan fingerprint density at radius 2 is 2.29 bits per heavy atom. The van der Waals surface area contributed by atoms with Gasteiger partial charge in [-0.2, -0.15) is 5.26 Å². The van der Waals surface area contributed by atoms with E-state index in [1.807, 2.05) is 6.07 Å². The molecule has 0 bridgehead atoms. The van der Waals surface area contributed by atoms with Crippen LogP contribution in [0.25, 0.3) is 0 Å². The molecule has 0 aromatic heterocycles. The normalized spacial score (nSPS) is 9.47. The van der Waals surface area contributed by atoms with Gasteiger partial charge in [-0.15, -0.1) is 0 Å². The van der Waals surface area contributed by atoms with Crippen molar-refractivity contribution in [3.05, 3.63) is 27.7 Å². The van der Waals surface area contributed by atoms with Crippen LogP contribution in [0.3, 0.4) is 0 Å². The summed E-state index contributed by atoms with van der Waals surface area (Å²) in [5.41, 5.74) is 0.757. The van der Waals surface area contributed by atoms with Crippen LogP contribution in [-0.2, 0) is 4.79 Å². The molecule has 1 amide bonds. The first kappa shape index (κ1) is 13.8. The van der Waals surface area contributed by atoms with Gasteiger partial charge in [-0.25, -0.2) is 0 Å². The Morgan fingerprint density at radius 1 is 1.53 bits per heavy atom. The van der Waals surface area contributed by atoms with Crippen molar-refractivity contribution in [2.75, 3.05) is 18.4 Å². The van der Waals surface area contributed by atoms with Gasteiger partial charge in [-0.1, -0.05) is 11.6 Å². The first-order chi connectivity index (χ1) is 8.13. The van der Waals surface area contributed by atoms with E-state index >= 15 is 0 Å². The number of rotatable bonds is 5. The van der Waals surface area contributed by atoms with E-state index in [0.717, 1.165) is 10.2 Å². The van der Waals surface area contributed by atoms with E-state index in [9.17, 15) is 4.79 Å². The molecule has 1 aromatic carbocycles. The zero-order chi connectivity index (χ0) is 12.7. The van der Waals surface area contributed by atoms with Crippen molar-refractivity contribution in [1.82, 2.24) is 5.32 Å². The minimum atomic E-state index is -0.160. The Hall–Kier alpha value is -1.25. The molecule has 1 rings (SSSR count). The molecule has 4 nitrogen and oxygen atoms in total. The van der Waals surface area contributed by atoms with Crippen LogP contribution >= 0.6 is 27.5 Å². The van der Waals surface area contributed by atoms with Crippen molar-refractivity contribution in [1.29, 1.82) is 5.26 Å². The molecule has 0 heterocycles. The first-order valence-electron chi connectivity index (χ1n) is 4.96. The van der Waals surface area contributed by atoms with Gasteiger partial charge in [0.25, 0.3) is 0 Å². The highest BCUT2D eigenvalue weighted by atomic mass is 79.9. The fourth-order valence-corrected chi connectivity index (χ4v) is 1.69. The highest BCUT2D eigenvalue weighted by Crippen LogP contribution is 2.25. The van der Waals surface area contributed by atoms with E-state index in [0.29, 0.717) is 18.0 Å². The lowest BCUT2D eigenvalue weighted by atomic mass is 10.3. The first-order valence-corrected chi connectivity index (χ1v) is 6.13. The molecule has 0 saturated carbocycles. The Kier molecular flexibility index (Phi) is 5.81. The topological polar surface area (TPSA) is 64.9 Å². The highest BCUT2D eigenvalue weighted by molar-refractivity contribution is 9.10. The second kappa shape index (κ2) is 7.15. The third-order valence-corrected chi connectivity index (χ3v) is 2.85. The van der Waals surface area contributed by atoms with Crippen LogP contribution in [-0.4, -0.2) is 19.0 Å². The molecule has 0 aliphatic rings. The van der Waals surface area contributed by atoms with E-state index in [1.54, 1.807) is 18.2 Å². The molecule has 0 unspecified atom stereocenters. The quantitative estimate of drug-likeness (QED) is 0.821. The highest BCUT2D eigenvalue weighted by Gasteiger charge is 2.03. The average molecular weight is 317 g/mol. The molecule has 6 heteroatoms. The van der Waals surface area contributed by atoms with Crippen molar-refractivity contribution >= 4 is 39.1 Å². The lowest BCUT2D eigenvalue weighted by Crippen LogP contribution is -2.30. The van der Waals surface area contributed by atoms with Crippen molar-refractivity contribution in [3.8, 4) is 6.07 Å². The van der Waals surface area contributed by atoms with Gasteiger partial charge in [-0.3, -0.25) is 4.79 Å². The summed E-state index contributed by atoms with van der Waals surface area (Å²) in [5, 5.41) is 14.5. The van der Waals surface area contributed by atoms with Crippen LogP contribution in [0.4, 0.5) is 5.69 Å². The van der Waals surface area contributed by atoms with Crippen molar-refractivity contribution < 1.29 is 4.79 Å². The minimum absolute atomic E-state index is 0.143. The van der Waals surface area contributed by atoms with Crippen LogP contribution in [0.15, 0.2) is 22.7 Å². The zero-order valence-corrected chi connectivity index (χ0v) is 11.3. The van der Waals surface area contributed by atoms with E-state index in [4.69, 9.17) is 16.9 Å². The van der Waals surface area contributed by atoms with Crippen LogP contribution in [0, 0.1) is 11.3 Å². The third kappa shape index (κ3) is 5.07. The number of nitriles is 1. The van der Waals surface area contributed by atoms with E-state index < -0.39 is 0 Å². The maximum Gasteiger partial charge on any atom is 0.239 e. The summed E-state index contributed by atoms with van der Waals surface area (Å²) in [4.78, 5) is 11.4. The van der Waals surface area contributed by atoms with Gasteiger partial charge >= 0.3 is 0 Å². The van der Waals surface area contributed by atoms with E-state index in [-0.39, 0.29) is 12.5 Å². The molecule has 0 aliphatic carbocycles.